The molecule has 0 amide bonds. The lowest BCUT2D eigenvalue weighted by Gasteiger charge is -2.12. The third-order valence-corrected chi connectivity index (χ3v) is 3.50. The van der Waals surface area contributed by atoms with Crippen LogP contribution < -0.4 is 10.1 Å². The second kappa shape index (κ2) is 7.16. The van der Waals surface area contributed by atoms with E-state index in [0.717, 1.165) is 35.0 Å². The maximum absolute atomic E-state index is 6.01. The number of nitrogens with one attached hydrogen (secondary N) is 1. The fourth-order valence-corrected chi connectivity index (χ4v) is 2.25. The molecular formula is C15H18N2OS. The fourth-order valence-electron chi connectivity index (χ4n) is 1.73. The Balaban J connectivity index is 2.22. The Kier molecular flexibility index (Phi) is 5.24. The Bertz CT molecular complexity index is 531. The first kappa shape index (κ1) is 13.9. The van der Waals surface area contributed by atoms with Gasteiger partial charge in [-0.15, -0.1) is 11.8 Å². The molecule has 100 valence electrons. The molecule has 0 bridgehead atoms. The predicted molar refractivity (Wildman–Crippen MR) is 79.9 cm³/mol. The number of aromatic nitrogens is 1. The van der Waals surface area contributed by atoms with E-state index in [1.807, 2.05) is 30.5 Å². The zero-order valence-corrected chi connectivity index (χ0v) is 12.0. The van der Waals surface area contributed by atoms with E-state index in [4.69, 9.17) is 4.74 Å². The molecular weight excluding hydrogens is 256 g/mol. The van der Waals surface area contributed by atoms with E-state index >= 15 is 0 Å². The van der Waals surface area contributed by atoms with Crippen LogP contribution in [-0.4, -0.2) is 17.8 Å². The Labute approximate surface area is 118 Å². The molecule has 19 heavy (non-hydrogen) atoms. The molecule has 4 heteroatoms. The molecule has 0 aliphatic heterocycles. The smallest absolute Gasteiger partial charge is 0.150 e. The highest BCUT2D eigenvalue weighted by Gasteiger charge is 2.07. The van der Waals surface area contributed by atoms with Crippen LogP contribution in [0.25, 0.3) is 0 Å². The number of nitrogens with zero attached hydrogens (tertiary/aromatic N) is 1. The standard InChI is InChI=1S/C15H18N2OS/c1-3-16-10-12-8-9-17-11-14(12)18-13-6-4-5-7-15(13)19-2/h4-9,11,16H,3,10H2,1-2H3. The van der Waals surface area contributed by atoms with Crippen molar-refractivity contribution >= 4 is 11.8 Å². The minimum atomic E-state index is 0.787. The van der Waals surface area contributed by atoms with Gasteiger partial charge in [0.05, 0.1) is 6.20 Å². The molecule has 0 radical (unpaired) electrons. The maximum Gasteiger partial charge on any atom is 0.150 e. The molecule has 2 rings (SSSR count). The molecule has 0 unspecified atom stereocenters. The number of benzene rings is 1. The first-order valence-corrected chi connectivity index (χ1v) is 7.52. The van der Waals surface area contributed by atoms with E-state index in [0.29, 0.717) is 0 Å². The van der Waals surface area contributed by atoms with Gasteiger partial charge in [0.15, 0.2) is 0 Å². The molecule has 0 aliphatic rings. The number of para-hydroxylation sites is 1. The largest absolute Gasteiger partial charge is 0.454 e. The Morgan fingerprint density at radius 2 is 2.05 bits per heavy atom. The van der Waals surface area contributed by atoms with Crippen molar-refractivity contribution in [3.8, 4) is 11.5 Å². The van der Waals surface area contributed by atoms with Gasteiger partial charge in [-0.05, 0) is 31.0 Å². The fraction of sp³-hybridized carbons (Fsp3) is 0.267. The summed E-state index contributed by atoms with van der Waals surface area (Å²) in [5, 5.41) is 3.31. The molecule has 2 aromatic rings. The van der Waals surface area contributed by atoms with Crippen LogP contribution in [0.5, 0.6) is 11.5 Å². The zero-order valence-electron chi connectivity index (χ0n) is 11.2. The summed E-state index contributed by atoms with van der Waals surface area (Å²) >= 11 is 1.68. The summed E-state index contributed by atoms with van der Waals surface area (Å²) in [7, 11) is 0. The van der Waals surface area contributed by atoms with Gasteiger partial charge in [0.1, 0.15) is 11.5 Å². The third-order valence-electron chi connectivity index (χ3n) is 2.72. The lowest BCUT2D eigenvalue weighted by atomic mass is 10.2. The van der Waals surface area contributed by atoms with Gasteiger partial charge < -0.3 is 10.1 Å². The van der Waals surface area contributed by atoms with E-state index in [-0.39, 0.29) is 0 Å². The average molecular weight is 274 g/mol. The van der Waals surface area contributed by atoms with Crippen molar-refractivity contribution in [2.45, 2.75) is 18.4 Å². The summed E-state index contributed by atoms with van der Waals surface area (Å²) in [5.74, 6) is 1.69. The highest BCUT2D eigenvalue weighted by molar-refractivity contribution is 7.98. The quantitative estimate of drug-likeness (QED) is 0.814. The molecule has 3 nitrogen and oxygen atoms in total. The number of pyridine rings is 1. The molecule has 1 aromatic heterocycles. The molecule has 1 heterocycles. The summed E-state index contributed by atoms with van der Waals surface area (Å²) in [6, 6.07) is 10.0. The van der Waals surface area contributed by atoms with Gasteiger partial charge in [0, 0.05) is 23.2 Å². The average Bonchev–Trinajstić information content (AvgIpc) is 2.47. The Morgan fingerprint density at radius 1 is 1.21 bits per heavy atom. The molecule has 0 atom stereocenters. The lowest BCUT2D eigenvalue weighted by molar-refractivity contribution is 0.460. The molecule has 0 saturated heterocycles. The number of hydrogen-bond donors (Lipinski definition) is 1. The van der Waals surface area contributed by atoms with Gasteiger partial charge in [-0.1, -0.05) is 19.1 Å². The van der Waals surface area contributed by atoms with E-state index in [1.54, 1.807) is 24.2 Å². The normalized spacial score (nSPS) is 10.4. The van der Waals surface area contributed by atoms with Crippen LogP contribution in [0.2, 0.25) is 0 Å². The maximum atomic E-state index is 6.01. The summed E-state index contributed by atoms with van der Waals surface area (Å²) < 4.78 is 6.01. The number of thioether (sulfide) groups is 1. The minimum absolute atomic E-state index is 0.787. The molecule has 0 fully saturated rings. The molecule has 0 saturated carbocycles. The van der Waals surface area contributed by atoms with Crippen molar-refractivity contribution in [2.75, 3.05) is 12.8 Å². The monoisotopic (exact) mass is 274 g/mol. The lowest BCUT2D eigenvalue weighted by Crippen LogP contribution is -2.12. The third kappa shape index (κ3) is 3.72. The summed E-state index contributed by atoms with van der Waals surface area (Å²) in [5.41, 5.74) is 1.12. The molecule has 0 spiro atoms. The summed E-state index contributed by atoms with van der Waals surface area (Å²) in [4.78, 5) is 5.27. The predicted octanol–water partition coefficient (Wildman–Crippen LogP) is 3.71. The molecule has 1 N–H and O–H groups in total. The number of rotatable bonds is 6. The first-order valence-electron chi connectivity index (χ1n) is 6.29. The van der Waals surface area contributed by atoms with Gasteiger partial charge >= 0.3 is 0 Å². The summed E-state index contributed by atoms with van der Waals surface area (Å²) in [6.07, 6.45) is 5.61. The van der Waals surface area contributed by atoms with Crippen molar-refractivity contribution < 1.29 is 4.74 Å². The van der Waals surface area contributed by atoms with Gasteiger partial charge in [0.2, 0.25) is 0 Å². The van der Waals surface area contributed by atoms with E-state index < -0.39 is 0 Å². The van der Waals surface area contributed by atoms with Crippen LogP contribution in [0, 0.1) is 0 Å². The first-order chi connectivity index (χ1) is 9.35. The van der Waals surface area contributed by atoms with E-state index in [9.17, 15) is 0 Å². The number of hydrogen-bond acceptors (Lipinski definition) is 4. The summed E-state index contributed by atoms with van der Waals surface area (Å²) in [6.45, 7) is 3.81. The topological polar surface area (TPSA) is 34.2 Å². The highest BCUT2D eigenvalue weighted by Crippen LogP contribution is 2.32. The Hall–Kier alpha value is -1.52. The SMILES string of the molecule is CCNCc1ccncc1Oc1ccccc1SC. The van der Waals surface area contributed by atoms with Crippen LogP contribution in [0.15, 0.2) is 47.6 Å². The highest BCUT2D eigenvalue weighted by atomic mass is 32.2. The number of ether oxygens (including phenoxy) is 1. The van der Waals surface area contributed by atoms with Crippen molar-refractivity contribution in [2.24, 2.45) is 0 Å². The van der Waals surface area contributed by atoms with Crippen LogP contribution >= 0.6 is 11.8 Å². The van der Waals surface area contributed by atoms with E-state index in [1.165, 1.54) is 0 Å². The molecule has 1 aromatic carbocycles. The van der Waals surface area contributed by atoms with Crippen molar-refractivity contribution in [1.29, 1.82) is 0 Å². The Morgan fingerprint density at radius 3 is 2.84 bits per heavy atom. The van der Waals surface area contributed by atoms with Crippen LogP contribution in [-0.2, 0) is 6.54 Å². The second-order valence-corrected chi connectivity index (χ2v) is 4.86. The van der Waals surface area contributed by atoms with E-state index in [2.05, 4.69) is 23.3 Å². The van der Waals surface area contributed by atoms with Gasteiger partial charge in [-0.25, -0.2) is 0 Å². The molecule has 0 aliphatic carbocycles. The van der Waals surface area contributed by atoms with Crippen molar-refractivity contribution in [3.63, 3.8) is 0 Å². The zero-order chi connectivity index (χ0) is 13.5. The van der Waals surface area contributed by atoms with Crippen molar-refractivity contribution in [1.82, 2.24) is 10.3 Å². The van der Waals surface area contributed by atoms with Gasteiger partial charge in [-0.2, -0.15) is 0 Å². The van der Waals surface area contributed by atoms with Gasteiger partial charge in [0.25, 0.3) is 0 Å². The van der Waals surface area contributed by atoms with Gasteiger partial charge in [-0.3, -0.25) is 4.98 Å². The second-order valence-electron chi connectivity index (χ2n) is 4.02. The minimum Gasteiger partial charge on any atom is -0.454 e. The van der Waals surface area contributed by atoms with Crippen LogP contribution in [0.4, 0.5) is 0 Å². The van der Waals surface area contributed by atoms with Crippen LogP contribution in [0.3, 0.4) is 0 Å². The van der Waals surface area contributed by atoms with Crippen LogP contribution in [0.1, 0.15) is 12.5 Å². The van der Waals surface area contributed by atoms with Crippen molar-refractivity contribution in [3.05, 3.63) is 48.3 Å².